The highest BCUT2D eigenvalue weighted by atomic mass is 35.5. The summed E-state index contributed by atoms with van der Waals surface area (Å²) >= 11 is 6.50. The summed E-state index contributed by atoms with van der Waals surface area (Å²) in [4.78, 5) is 35.2. The molecule has 49 heavy (non-hydrogen) atoms. The first kappa shape index (κ1) is 38.5. The molecule has 0 spiro atoms. The fraction of sp³-hybridized carbons (Fsp3) is 0.412. The molecule has 2 saturated heterocycles. The number of piperazine rings is 1. The molecule has 3 heterocycles. The third-order valence-electron chi connectivity index (χ3n) is 9.22. The summed E-state index contributed by atoms with van der Waals surface area (Å²) in [5.74, 6) is -0.248. The van der Waals surface area contributed by atoms with Crippen LogP contribution in [-0.2, 0) is 25.2 Å². The fourth-order valence-electron chi connectivity index (χ4n) is 6.70. The average Bonchev–Trinajstić information content (AvgIpc) is 3.33. The second-order valence-corrected chi connectivity index (χ2v) is 14.2. The minimum Gasteiger partial charge on any atom is -0.497 e. The Bertz CT molecular complexity index is 1750. The van der Waals surface area contributed by atoms with E-state index in [1.165, 1.54) is 49.6 Å². The van der Waals surface area contributed by atoms with Crippen molar-refractivity contribution < 1.29 is 32.2 Å². The lowest BCUT2D eigenvalue weighted by Gasteiger charge is -2.42. The van der Waals surface area contributed by atoms with Gasteiger partial charge in [-0.2, -0.15) is 4.31 Å². The number of hydrogen-bond acceptors (Lipinski definition) is 9. The SMILES string of the molecule is CCOc1ccccc1C1(OC(=O)N2CCN(C3CCN(C)CC3)CC2)C(=O)N(S(=O)(=O)c2ccc(OC)cc2)c2ccc(Cl)cc21.Cl.Cl. The van der Waals surface area contributed by atoms with Gasteiger partial charge in [0.1, 0.15) is 11.5 Å². The number of ether oxygens (including phenoxy) is 3. The lowest BCUT2D eigenvalue weighted by atomic mass is 9.86. The van der Waals surface area contributed by atoms with Crippen molar-refractivity contribution in [2.45, 2.75) is 36.3 Å². The van der Waals surface area contributed by atoms with Gasteiger partial charge in [0.05, 0.1) is 29.9 Å². The number of fused-ring (bicyclic) bond motifs is 1. The average molecular weight is 756 g/mol. The lowest BCUT2D eigenvalue weighted by Crippen LogP contribution is -2.55. The van der Waals surface area contributed by atoms with Crippen LogP contribution in [0, 0.1) is 0 Å². The van der Waals surface area contributed by atoms with Crippen molar-refractivity contribution in [1.82, 2.24) is 14.7 Å². The molecule has 0 aliphatic carbocycles. The number of carbonyl (C=O) groups excluding carboxylic acids is 2. The minimum absolute atomic E-state index is 0. The number of sulfonamides is 1. The van der Waals surface area contributed by atoms with E-state index in [4.69, 9.17) is 25.8 Å². The summed E-state index contributed by atoms with van der Waals surface area (Å²) in [5.41, 5.74) is -1.87. The molecule has 2 amide bonds. The molecule has 2 fully saturated rings. The minimum atomic E-state index is -4.50. The first-order valence-electron chi connectivity index (χ1n) is 15.8. The number of halogens is 3. The lowest BCUT2D eigenvalue weighted by molar-refractivity contribution is -0.132. The molecule has 0 bridgehead atoms. The van der Waals surface area contributed by atoms with E-state index < -0.39 is 27.6 Å². The first-order valence-corrected chi connectivity index (χ1v) is 17.6. The highest BCUT2D eigenvalue weighted by molar-refractivity contribution is 7.93. The van der Waals surface area contributed by atoms with Crippen molar-refractivity contribution in [3.63, 3.8) is 0 Å². The third-order valence-corrected chi connectivity index (χ3v) is 11.2. The van der Waals surface area contributed by atoms with Gasteiger partial charge < -0.3 is 24.0 Å². The van der Waals surface area contributed by atoms with Crippen molar-refractivity contribution in [2.75, 3.05) is 64.3 Å². The van der Waals surface area contributed by atoms with Crippen LogP contribution in [0.1, 0.15) is 30.9 Å². The highest BCUT2D eigenvalue weighted by Gasteiger charge is 2.61. The quantitative estimate of drug-likeness (QED) is 0.298. The zero-order chi connectivity index (χ0) is 33.3. The van der Waals surface area contributed by atoms with E-state index >= 15 is 0 Å². The van der Waals surface area contributed by atoms with E-state index in [0.29, 0.717) is 42.3 Å². The predicted molar refractivity (Wildman–Crippen MR) is 192 cm³/mol. The van der Waals surface area contributed by atoms with Crippen LogP contribution >= 0.6 is 36.4 Å². The van der Waals surface area contributed by atoms with Gasteiger partial charge in [-0.3, -0.25) is 9.69 Å². The van der Waals surface area contributed by atoms with Crippen molar-refractivity contribution in [3.8, 4) is 11.5 Å². The maximum absolute atomic E-state index is 14.9. The number of nitrogens with zero attached hydrogens (tertiary/aromatic N) is 4. The first-order chi connectivity index (χ1) is 22.6. The Morgan fingerprint density at radius 2 is 1.57 bits per heavy atom. The molecule has 6 rings (SSSR count). The number of amides is 2. The Labute approximate surface area is 304 Å². The molecule has 3 aromatic carbocycles. The van der Waals surface area contributed by atoms with Gasteiger partial charge in [0, 0.05) is 42.8 Å². The molecular weight excluding hydrogens is 715 g/mol. The molecule has 11 nitrogen and oxygen atoms in total. The normalized spacial score (nSPS) is 20.2. The van der Waals surface area contributed by atoms with E-state index in [0.717, 1.165) is 25.9 Å². The summed E-state index contributed by atoms with van der Waals surface area (Å²) < 4.78 is 46.7. The molecule has 1 unspecified atom stereocenters. The van der Waals surface area contributed by atoms with E-state index in [2.05, 4.69) is 16.8 Å². The fourth-order valence-corrected chi connectivity index (χ4v) is 8.33. The summed E-state index contributed by atoms with van der Waals surface area (Å²) in [6.45, 7) is 6.26. The molecule has 3 aliphatic rings. The number of piperidine rings is 1. The topological polar surface area (TPSA) is 109 Å². The molecule has 0 aromatic heterocycles. The standard InChI is InChI=1S/C34H39ClN4O7S.2ClH/c1-4-45-31-8-6-5-7-28(31)34(46-33(41)38-21-19-37(20-22-38)25-15-17-36(2)18-16-25)29-23-24(35)9-14-30(29)39(32(34)40)47(42,43)27-12-10-26(44-3)11-13-27;;/h5-14,23,25H,4,15-22H2,1-3H3;2*1H. The van der Waals surface area contributed by atoms with Crippen LogP contribution in [0.15, 0.2) is 71.6 Å². The van der Waals surface area contributed by atoms with Gasteiger partial charge >= 0.3 is 6.09 Å². The molecule has 1 atom stereocenters. The smallest absolute Gasteiger partial charge is 0.411 e. The monoisotopic (exact) mass is 754 g/mol. The van der Waals surface area contributed by atoms with Crippen LogP contribution in [0.3, 0.4) is 0 Å². The number of benzene rings is 3. The molecule has 0 N–H and O–H groups in total. The largest absolute Gasteiger partial charge is 0.497 e. The van der Waals surface area contributed by atoms with Crippen molar-refractivity contribution in [2.24, 2.45) is 0 Å². The molecule has 3 aromatic rings. The number of methoxy groups -OCH3 is 1. The van der Waals surface area contributed by atoms with Gasteiger partial charge in [0.2, 0.25) is 5.60 Å². The van der Waals surface area contributed by atoms with E-state index in [1.807, 2.05) is 0 Å². The zero-order valence-corrected chi connectivity index (χ0v) is 30.7. The predicted octanol–water partition coefficient (Wildman–Crippen LogP) is 5.42. The van der Waals surface area contributed by atoms with Crippen molar-refractivity contribution in [1.29, 1.82) is 0 Å². The summed E-state index contributed by atoms with van der Waals surface area (Å²) in [6, 6.07) is 17.3. The van der Waals surface area contributed by atoms with Crippen molar-refractivity contribution in [3.05, 3.63) is 82.9 Å². The third kappa shape index (κ3) is 7.17. The molecule has 3 aliphatic heterocycles. The summed E-state index contributed by atoms with van der Waals surface area (Å²) in [7, 11) is -0.898. The number of anilines is 1. The second kappa shape index (κ2) is 15.7. The Balaban J connectivity index is 0.00000270. The molecule has 0 saturated carbocycles. The van der Waals surface area contributed by atoms with E-state index in [1.54, 1.807) is 36.1 Å². The van der Waals surface area contributed by atoms with Crippen molar-refractivity contribution >= 4 is 64.1 Å². The van der Waals surface area contributed by atoms with E-state index in [9.17, 15) is 18.0 Å². The van der Waals surface area contributed by atoms with Crippen LogP contribution < -0.4 is 13.8 Å². The Kier molecular flexibility index (Phi) is 12.4. The molecule has 15 heteroatoms. The summed E-state index contributed by atoms with van der Waals surface area (Å²) in [5, 5.41) is 0.237. The number of rotatable bonds is 8. The van der Waals surface area contributed by atoms with Crippen LogP contribution in [0.2, 0.25) is 5.02 Å². The van der Waals surface area contributed by atoms with E-state index in [-0.39, 0.29) is 63.9 Å². The Morgan fingerprint density at radius 1 is 0.918 bits per heavy atom. The van der Waals surface area contributed by atoms with Crippen LogP contribution in [0.25, 0.3) is 0 Å². The van der Waals surface area contributed by atoms with Gasteiger partial charge in [-0.25, -0.2) is 13.2 Å². The Morgan fingerprint density at radius 3 is 2.20 bits per heavy atom. The number of hydrogen-bond donors (Lipinski definition) is 0. The zero-order valence-electron chi connectivity index (χ0n) is 27.5. The van der Waals surface area contributed by atoms with Gasteiger partial charge in [-0.15, -0.1) is 24.8 Å². The van der Waals surface area contributed by atoms with Gasteiger partial charge in [-0.05, 0) is 88.4 Å². The van der Waals surface area contributed by atoms with Crippen LogP contribution in [0.5, 0.6) is 11.5 Å². The number of para-hydroxylation sites is 1. The maximum Gasteiger partial charge on any atom is 0.411 e. The summed E-state index contributed by atoms with van der Waals surface area (Å²) in [6.07, 6.45) is 1.41. The number of carbonyl (C=O) groups is 2. The van der Waals surface area contributed by atoms with Crippen LogP contribution in [0.4, 0.5) is 10.5 Å². The second-order valence-electron chi connectivity index (χ2n) is 11.9. The van der Waals surface area contributed by atoms with Gasteiger partial charge in [0.15, 0.2) is 0 Å². The van der Waals surface area contributed by atoms with Gasteiger partial charge in [-0.1, -0.05) is 29.8 Å². The highest BCUT2D eigenvalue weighted by Crippen LogP contribution is 2.52. The molecule has 266 valence electrons. The molecular formula is C34H41Cl3N4O7S. The molecule has 0 radical (unpaired) electrons. The van der Waals surface area contributed by atoms with Gasteiger partial charge in [0.25, 0.3) is 15.9 Å². The number of likely N-dealkylation sites (tertiary alicyclic amines) is 1. The Hall–Kier alpha value is -3.26. The van der Waals surface area contributed by atoms with Crippen LogP contribution in [-0.4, -0.2) is 101 Å². The maximum atomic E-state index is 14.9.